The van der Waals surface area contributed by atoms with Crippen LogP contribution in [0, 0.1) is 11.3 Å². The molecule has 3 rings (SSSR count). The highest BCUT2D eigenvalue weighted by atomic mass is 32.2. The summed E-state index contributed by atoms with van der Waals surface area (Å²) in [6, 6.07) is 23.9. The van der Waals surface area contributed by atoms with Gasteiger partial charge in [0, 0.05) is 5.56 Å². The molecule has 0 saturated carbocycles. The van der Waals surface area contributed by atoms with Crippen molar-refractivity contribution in [1.82, 2.24) is 0 Å². The Labute approximate surface area is 140 Å². The number of hydrogen-bond acceptors (Lipinski definition) is 4. The lowest BCUT2D eigenvalue weighted by Gasteiger charge is -2.11. The first-order chi connectivity index (χ1) is 11.6. The van der Waals surface area contributed by atoms with Gasteiger partial charge >= 0.3 is 10.1 Å². The number of nitrogens with zero attached hydrogens (tertiary/aromatic N) is 1. The molecule has 0 heterocycles. The van der Waals surface area contributed by atoms with E-state index in [1.54, 1.807) is 18.2 Å². The minimum absolute atomic E-state index is 0.00404. The molecule has 4 nitrogen and oxygen atoms in total. The molecule has 0 atom stereocenters. The molecular formula is C19H13NO3S. The second kappa shape index (κ2) is 6.57. The standard InChI is InChI=1S/C19H13NO3S/c20-14-15-10-12-17(13-11-15)24(21,22)23-19-9-5-4-8-18(19)16-6-2-1-3-7-16/h1-13H. The van der Waals surface area contributed by atoms with Gasteiger partial charge in [0.05, 0.1) is 11.6 Å². The fraction of sp³-hybridized carbons (Fsp3) is 0. The highest BCUT2D eigenvalue weighted by Gasteiger charge is 2.18. The molecule has 24 heavy (non-hydrogen) atoms. The lowest BCUT2D eigenvalue weighted by atomic mass is 10.1. The Balaban J connectivity index is 1.98. The van der Waals surface area contributed by atoms with E-state index in [9.17, 15) is 8.42 Å². The summed E-state index contributed by atoms with van der Waals surface area (Å²) < 4.78 is 30.3. The Morgan fingerprint density at radius 3 is 2.08 bits per heavy atom. The first-order valence-electron chi connectivity index (χ1n) is 7.19. The second-order valence-electron chi connectivity index (χ2n) is 5.04. The first-order valence-corrected chi connectivity index (χ1v) is 8.60. The maximum atomic E-state index is 12.5. The molecule has 0 aliphatic heterocycles. The van der Waals surface area contributed by atoms with Crippen molar-refractivity contribution in [2.24, 2.45) is 0 Å². The van der Waals surface area contributed by atoms with Gasteiger partial charge in [-0.25, -0.2) is 0 Å². The predicted molar refractivity (Wildman–Crippen MR) is 90.8 cm³/mol. The number of nitriles is 1. The number of hydrogen-bond donors (Lipinski definition) is 0. The van der Waals surface area contributed by atoms with E-state index in [2.05, 4.69) is 0 Å². The van der Waals surface area contributed by atoms with E-state index in [-0.39, 0.29) is 10.6 Å². The average Bonchev–Trinajstić information content (AvgIpc) is 2.63. The molecule has 118 valence electrons. The van der Waals surface area contributed by atoms with Crippen molar-refractivity contribution in [2.75, 3.05) is 0 Å². The molecule has 0 aliphatic rings. The summed E-state index contributed by atoms with van der Waals surface area (Å²) in [7, 11) is -3.98. The monoisotopic (exact) mass is 335 g/mol. The van der Waals surface area contributed by atoms with Crippen molar-refractivity contribution in [2.45, 2.75) is 4.90 Å². The summed E-state index contributed by atoms with van der Waals surface area (Å²) in [6.45, 7) is 0. The summed E-state index contributed by atoms with van der Waals surface area (Å²) in [5, 5.41) is 8.80. The van der Waals surface area contributed by atoms with Crippen LogP contribution in [0.4, 0.5) is 0 Å². The van der Waals surface area contributed by atoms with Crippen LogP contribution in [0.1, 0.15) is 5.56 Å². The highest BCUT2D eigenvalue weighted by Crippen LogP contribution is 2.31. The van der Waals surface area contributed by atoms with Gasteiger partial charge in [0.25, 0.3) is 0 Å². The van der Waals surface area contributed by atoms with Crippen LogP contribution in [0.25, 0.3) is 11.1 Å². The van der Waals surface area contributed by atoms with Crippen molar-refractivity contribution in [3.8, 4) is 22.9 Å². The van der Waals surface area contributed by atoms with E-state index in [0.717, 1.165) is 5.56 Å². The molecule has 0 bridgehead atoms. The van der Waals surface area contributed by atoms with Crippen LogP contribution in [-0.4, -0.2) is 8.42 Å². The molecule has 0 amide bonds. The van der Waals surface area contributed by atoms with Gasteiger partial charge in [0.1, 0.15) is 4.90 Å². The van der Waals surface area contributed by atoms with Gasteiger partial charge < -0.3 is 4.18 Å². The summed E-state index contributed by atoms with van der Waals surface area (Å²) in [4.78, 5) is 0.00404. The van der Waals surface area contributed by atoms with Gasteiger partial charge in [-0.2, -0.15) is 13.7 Å². The largest absolute Gasteiger partial charge is 0.378 e. The molecular weight excluding hydrogens is 322 g/mol. The SMILES string of the molecule is N#Cc1ccc(S(=O)(=O)Oc2ccccc2-c2ccccc2)cc1. The van der Waals surface area contributed by atoms with E-state index >= 15 is 0 Å². The van der Waals surface area contributed by atoms with Gasteiger partial charge in [-0.15, -0.1) is 0 Å². The van der Waals surface area contributed by atoms with Crippen molar-refractivity contribution >= 4 is 10.1 Å². The Bertz CT molecular complexity index is 989. The maximum absolute atomic E-state index is 12.5. The molecule has 0 N–H and O–H groups in total. The van der Waals surface area contributed by atoms with Crippen LogP contribution in [-0.2, 0) is 10.1 Å². The van der Waals surface area contributed by atoms with Gasteiger partial charge in [0.15, 0.2) is 5.75 Å². The van der Waals surface area contributed by atoms with Gasteiger partial charge in [-0.05, 0) is 35.9 Å². The smallest absolute Gasteiger partial charge is 0.339 e. The topological polar surface area (TPSA) is 67.2 Å². The summed E-state index contributed by atoms with van der Waals surface area (Å²) in [5.41, 5.74) is 1.94. The van der Waals surface area contributed by atoms with E-state index < -0.39 is 10.1 Å². The summed E-state index contributed by atoms with van der Waals surface area (Å²) in [5.74, 6) is 0.257. The third kappa shape index (κ3) is 3.29. The number of para-hydroxylation sites is 1. The van der Waals surface area contributed by atoms with E-state index in [4.69, 9.17) is 9.44 Å². The highest BCUT2D eigenvalue weighted by molar-refractivity contribution is 7.87. The molecule has 0 spiro atoms. The average molecular weight is 335 g/mol. The van der Waals surface area contributed by atoms with Crippen molar-refractivity contribution in [1.29, 1.82) is 5.26 Å². The molecule has 0 fully saturated rings. The van der Waals surface area contributed by atoms with E-state index in [0.29, 0.717) is 11.1 Å². The van der Waals surface area contributed by atoms with Gasteiger partial charge in [-0.1, -0.05) is 48.5 Å². The van der Waals surface area contributed by atoms with Crippen LogP contribution in [0.2, 0.25) is 0 Å². The van der Waals surface area contributed by atoms with Gasteiger partial charge in [0.2, 0.25) is 0 Å². The predicted octanol–water partition coefficient (Wildman–Crippen LogP) is 3.99. The zero-order chi connectivity index (χ0) is 17.0. The number of benzene rings is 3. The molecule has 5 heteroatoms. The van der Waals surface area contributed by atoms with Crippen LogP contribution < -0.4 is 4.18 Å². The fourth-order valence-corrected chi connectivity index (χ4v) is 3.21. The Kier molecular flexibility index (Phi) is 4.32. The van der Waals surface area contributed by atoms with Crippen LogP contribution >= 0.6 is 0 Å². The molecule has 0 unspecified atom stereocenters. The van der Waals surface area contributed by atoms with Crippen molar-refractivity contribution in [3.63, 3.8) is 0 Å². The van der Waals surface area contributed by atoms with Crippen LogP contribution in [0.3, 0.4) is 0 Å². The zero-order valence-corrected chi connectivity index (χ0v) is 13.4. The number of rotatable bonds is 4. The second-order valence-corrected chi connectivity index (χ2v) is 6.58. The van der Waals surface area contributed by atoms with E-state index in [1.165, 1.54) is 24.3 Å². The van der Waals surface area contributed by atoms with Crippen LogP contribution in [0.5, 0.6) is 5.75 Å². The molecule has 3 aromatic carbocycles. The minimum Gasteiger partial charge on any atom is -0.378 e. The lowest BCUT2D eigenvalue weighted by molar-refractivity contribution is 0.487. The maximum Gasteiger partial charge on any atom is 0.339 e. The third-order valence-electron chi connectivity index (χ3n) is 3.44. The Hall–Kier alpha value is -3.10. The van der Waals surface area contributed by atoms with Crippen molar-refractivity contribution < 1.29 is 12.6 Å². The molecule has 0 aromatic heterocycles. The zero-order valence-electron chi connectivity index (χ0n) is 12.6. The first kappa shape index (κ1) is 15.8. The minimum atomic E-state index is -3.98. The van der Waals surface area contributed by atoms with Crippen molar-refractivity contribution in [3.05, 3.63) is 84.4 Å². The fourth-order valence-electron chi connectivity index (χ4n) is 2.26. The molecule has 3 aromatic rings. The normalized spacial score (nSPS) is 10.8. The van der Waals surface area contributed by atoms with E-state index in [1.807, 2.05) is 42.5 Å². The Morgan fingerprint density at radius 2 is 1.42 bits per heavy atom. The summed E-state index contributed by atoms with van der Waals surface area (Å²) in [6.07, 6.45) is 0. The molecule has 0 radical (unpaired) electrons. The molecule has 0 aliphatic carbocycles. The molecule has 0 saturated heterocycles. The lowest BCUT2D eigenvalue weighted by Crippen LogP contribution is -2.10. The van der Waals surface area contributed by atoms with Gasteiger partial charge in [-0.3, -0.25) is 0 Å². The Morgan fingerprint density at radius 1 is 0.792 bits per heavy atom. The van der Waals surface area contributed by atoms with Crippen LogP contribution in [0.15, 0.2) is 83.8 Å². The third-order valence-corrected chi connectivity index (χ3v) is 4.69. The quantitative estimate of drug-likeness (QED) is 0.676. The summed E-state index contributed by atoms with van der Waals surface area (Å²) >= 11 is 0.